The highest BCUT2D eigenvalue weighted by Gasteiger charge is 2.29. The molecular weight excluding hydrogens is 292 g/mol. The number of methoxy groups -OCH3 is 2. The number of ether oxygens (including phenoxy) is 3. The molecule has 1 heterocycles. The number of carbonyl (C=O) groups excluding carboxylic acids is 1. The fourth-order valence-corrected chi connectivity index (χ4v) is 2.94. The van der Waals surface area contributed by atoms with Crippen LogP contribution in [0.2, 0.25) is 0 Å². The van der Waals surface area contributed by atoms with E-state index in [-0.39, 0.29) is 11.7 Å². The van der Waals surface area contributed by atoms with E-state index in [1.165, 1.54) is 0 Å². The van der Waals surface area contributed by atoms with Crippen LogP contribution in [-0.2, 0) is 6.42 Å². The molecule has 2 aromatic rings. The highest BCUT2D eigenvalue weighted by atomic mass is 16.5. The van der Waals surface area contributed by atoms with Gasteiger partial charge in [-0.3, -0.25) is 4.79 Å². The predicted molar refractivity (Wildman–Crippen MR) is 87.7 cm³/mol. The van der Waals surface area contributed by atoms with Crippen molar-refractivity contribution in [3.8, 4) is 17.2 Å². The number of ketones is 1. The van der Waals surface area contributed by atoms with Gasteiger partial charge in [0.25, 0.3) is 0 Å². The Bertz CT molecular complexity index is 736. The van der Waals surface area contributed by atoms with Gasteiger partial charge in [0.1, 0.15) is 17.2 Å². The zero-order chi connectivity index (χ0) is 16.4. The van der Waals surface area contributed by atoms with E-state index in [1.807, 2.05) is 19.1 Å². The van der Waals surface area contributed by atoms with E-state index >= 15 is 0 Å². The first-order valence-corrected chi connectivity index (χ1v) is 7.61. The molecule has 0 amide bonds. The van der Waals surface area contributed by atoms with Crippen LogP contribution < -0.4 is 14.2 Å². The molecule has 2 aromatic carbocycles. The molecule has 0 bridgehead atoms. The van der Waals surface area contributed by atoms with E-state index in [2.05, 4.69) is 6.07 Å². The van der Waals surface area contributed by atoms with Gasteiger partial charge in [-0.1, -0.05) is 12.1 Å². The first kappa shape index (κ1) is 15.4. The lowest BCUT2D eigenvalue weighted by molar-refractivity contribution is 0.0830. The molecule has 23 heavy (non-hydrogen) atoms. The molecule has 4 nitrogen and oxygen atoms in total. The van der Waals surface area contributed by atoms with Crippen LogP contribution in [0.3, 0.4) is 0 Å². The molecule has 0 N–H and O–H groups in total. The first-order valence-electron chi connectivity index (χ1n) is 7.61. The number of aryl methyl sites for hydroxylation is 1. The number of hydrogen-bond acceptors (Lipinski definition) is 4. The molecule has 0 radical (unpaired) electrons. The summed E-state index contributed by atoms with van der Waals surface area (Å²) in [6.45, 7) is 2.40. The molecule has 0 saturated carbocycles. The van der Waals surface area contributed by atoms with Gasteiger partial charge in [-0.2, -0.15) is 0 Å². The molecule has 1 unspecified atom stereocenters. The molecule has 120 valence electrons. The largest absolute Gasteiger partial charge is 0.497 e. The summed E-state index contributed by atoms with van der Waals surface area (Å²) in [6.07, 6.45) is 0.662. The average Bonchev–Trinajstić information content (AvgIpc) is 2.57. The van der Waals surface area contributed by atoms with Crippen LogP contribution in [0.15, 0.2) is 36.4 Å². The van der Waals surface area contributed by atoms with Crippen LogP contribution in [0.1, 0.15) is 21.5 Å². The minimum Gasteiger partial charge on any atom is -0.497 e. The zero-order valence-electron chi connectivity index (χ0n) is 13.6. The van der Waals surface area contributed by atoms with Crippen molar-refractivity contribution in [1.82, 2.24) is 0 Å². The lowest BCUT2D eigenvalue weighted by Crippen LogP contribution is -2.29. The van der Waals surface area contributed by atoms with Crippen LogP contribution in [-0.4, -0.2) is 26.6 Å². The molecule has 0 aliphatic carbocycles. The summed E-state index contributed by atoms with van der Waals surface area (Å²) in [5.41, 5.74) is 2.81. The molecule has 1 aliphatic rings. The van der Waals surface area contributed by atoms with Crippen LogP contribution in [0.25, 0.3) is 0 Å². The minimum absolute atomic E-state index is 0.127. The van der Waals surface area contributed by atoms with Crippen LogP contribution in [0.5, 0.6) is 17.2 Å². The maximum absolute atomic E-state index is 12.7. The molecule has 3 rings (SSSR count). The second-order valence-corrected chi connectivity index (χ2v) is 5.74. The van der Waals surface area contributed by atoms with Crippen molar-refractivity contribution in [3.05, 3.63) is 53.1 Å². The molecule has 0 aromatic heterocycles. The van der Waals surface area contributed by atoms with Crippen molar-refractivity contribution in [2.75, 3.05) is 20.8 Å². The predicted octanol–water partition coefficient (Wildman–Crippen LogP) is 3.45. The lowest BCUT2D eigenvalue weighted by atomic mass is 9.89. The van der Waals surface area contributed by atoms with Crippen molar-refractivity contribution in [2.24, 2.45) is 5.92 Å². The van der Waals surface area contributed by atoms with Crippen molar-refractivity contribution < 1.29 is 19.0 Å². The summed E-state index contributed by atoms with van der Waals surface area (Å²) < 4.78 is 16.2. The topological polar surface area (TPSA) is 44.8 Å². The van der Waals surface area contributed by atoms with Gasteiger partial charge in [0.05, 0.1) is 32.3 Å². The SMILES string of the molecule is COc1ccc2c(c1)OCC(Cc1ccc(OC)c(C)c1)C2=O. The van der Waals surface area contributed by atoms with Crippen molar-refractivity contribution in [2.45, 2.75) is 13.3 Å². The Morgan fingerprint density at radius 1 is 1.13 bits per heavy atom. The maximum atomic E-state index is 12.7. The van der Waals surface area contributed by atoms with Gasteiger partial charge in [0, 0.05) is 6.07 Å². The monoisotopic (exact) mass is 312 g/mol. The second kappa shape index (κ2) is 6.32. The quantitative estimate of drug-likeness (QED) is 0.867. The van der Waals surface area contributed by atoms with Crippen LogP contribution in [0.4, 0.5) is 0 Å². The summed E-state index contributed by atoms with van der Waals surface area (Å²) in [7, 11) is 3.26. The van der Waals surface area contributed by atoms with Crippen molar-refractivity contribution in [1.29, 1.82) is 0 Å². The third-order valence-corrected chi connectivity index (χ3v) is 4.21. The number of carbonyl (C=O) groups is 1. The fourth-order valence-electron chi connectivity index (χ4n) is 2.94. The third-order valence-electron chi connectivity index (χ3n) is 4.21. The molecule has 1 aliphatic heterocycles. The van der Waals surface area contributed by atoms with Crippen LogP contribution in [0, 0.1) is 12.8 Å². The fraction of sp³-hybridized carbons (Fsp3) is 0.316. The van der Waals surface area contributed by atoms with E-state index in [9.17, 15) is 4.79 Å². The normalized spacial score (nSPS) is 16.5. The molecule has 0 saturated heterocycles. The zero-order valence-corrected chi connectivity index (χ0v) is 13.6. The van der Waals surface area contributed by atoms with Gasteiger partial charge in [0.15, 0.2) is 5.78 Å². The first-order chi connectivity index (χ1) is 11.1. The Hall–Kier alpha value is -2.49. The van der Waals surface area contributed by atoms with Gasteiger partial charge < -0.3 is 14.2 Å². The maximum Gasteiger partial charge on any atom is 0.173 e. The summed E-state index contributed by atoms with van der Waals surface area (Å²) in [5, 5.41) is 0. The minimum atomic E-state index is -0.163. The van der Waals surface area contributed by atoms with E-state index < -0.39 is 0 Å². The van der Waals surface area contributed by atoms with Gasteiger partial charge in [0.2, 0.25) is 0 Å². The van der Waals surface area contributed by atoms with Crippen molar-refractivity contribution in [3.63, 3.8) is 0 Å². The standard InChI is InChI=1S/C19H20O4/c1-12-8-13(4-7-17(12)22-3)9-14-11-23-18-10-15(21-2)5-6-16(18)19(14)20/h4-8,10,14H,9,11H2,1-3H3. The van der Waals surface area contributed by atoms with E-state index in [4.69, 9.17) is 14.2 Å². The van der Waals surface area contributed by atoms with Gasteiger partial charge >= 0.3 is 0 Å². The smallest absolute Gasteiger partial charge is 0.173 e. The summed E-state index contributed by atoms with van der Waals surface area (Å²) in [5.74, 6) is 2.13. The molecule has 0 fully saturated rings. The number of hydrogen-bond donors (Lipinski definition) is 0. The third kappa shape index (κ3) is 3.02. The second-order valence-electron chi connectivity index (χ2n) is 5.74. The summed E-state index contributed by atoms with van der Waals surface area (Å²) in [6, 6.07) is 11.3. The summed E-state index contributed by atoms with van der Waals surface area (Å²) >= 11 is 0. The van der Waals surface area contributed by atoms with E-state index in [1.54, 1.807) is 32.4 Å². The summed E-state index contributed by atoms with van der Waals surface area (Å²) in [4.78, 5) is 12.7. The number of Topliss-reactive ketones (excluding diaryl/α,β-unsaturated/α-hetero) is 1. The van der Waals surface area contributed by atoms with Gasteiger partial charge in [-0.25, -0.2) is 0 Å². The lowest BCUT2D eigenvalue weighted by Gasteiger charge is -2.24. The van der Waals surface area contributed by atoms with Gasteiger partial charge in [-0.15, -0.1) is 0 Å². The number of fused-ring (bicyclic) bond motifs is 1. The van der Waals surface area contributed by atoms with E-state index in [0.717, 1.165) is 16.9 Å². The Kier molecular flexibility index (Phi) is 4.24. The highest BCUT2D eigenvalue weighted by molar-refractivity contribution is 6.01. The Morgan fingerprint density at radius 3 is 2.65 bits per heavy atom. The van der Waals surface area contributed by atoms with Crippen molar-refractivity contribution >= 4 is 5.78 Å². The highest BCUT2D eigenvalue weighted by Crippen LogP contribution is 2.32. The molecule has 0 spiro atoms. The number of benzene rings is 2. The Labute approximate surface area is 136 Å². The molecular formula is C19H20O4. The van der Waals surface area contributed by atoms with Crippen LogP contribution >= 0.6 is 0 Å². The Morgan fingerprint density at radius 2 is 1.96 bits per heavy atom. The van der Waals surface area contributed by atoms with E-state index in [0.29, 0.717) is 30.1 Å². The molecule has 4 heteroatoms. The number of rotatable bonds is 4. The average molecular weight is 312 g/mol. The Balaban J connectivity index is 1.80. The molecule has 1 atom stereocenters. The van der Waals surface area contributed by atoms with Gasteiger partial charge in [-0.05, 0) is 42.7 Å².